The molecular formula is C17H17FN2O3. The van der Waals surface area contributed by atoms with Crippen LogP contribution in [-0.4, -0.2) is 16.6 Å². The lowest BCUT2D eigenvalue weighted by Gasteiger charge is -2.20. The van der Waals surface area contributed by atoms with Crippen LogP contribution in [0.3, 0.4) is 0 Å². The molecule has 1 aliphatic rings. The van der Waals surface area contributed by atoms with Crippen molar-refractivity contribution >= 4 is 5.69 Å². The molecule has 1 atom stereocenters. The SMILES string of the molecule is O=[N+]([O-])c1cccc(C(O)CNC2(c3cccc(F)c3)CC2)c1. The molecule has 6 heteroatoms. The van der Waals surface area contributed by atoms with Gasteiger partial charge in [-0.05, 0) is 36.1 Å². The van der Waals surface area contributed by atoms with Crippen LogP contribution in [-0.2, 0) is 5.54 Å². The highest BCUT2D eigenvalue weighted by Gasteiger charge is 2.44. The van der Waals surface area contributed by atoms with Crippen LogP contribution >= 0.6 is 0 Å². The van der Waals surface area contributed by atoms with Crippen LogP contribution in [0, 0.1) is 15.9 Å². The molecule has 5 nitrogen and oxygen atoms in total. The molecule has 0 aromatic heterocycles. The fraction of sp³-hybridized carbons (Fsp3) is 0.294. The largest absolute Gasteiger partial charge is 0.387 e. The zero-order valence-electron chi connectivity index (χ0n) is 12.4. The molecule has 0 aliphatic heterocycles. The Kier molecular flexibility index (Phi) is 4.11. The van der Waals surface area contributed by atoms with E-state index in [0.29, 0.717) is 5.56 Å². The molecule has 1 saturated carbocycles. The zero-order chi connectivity index (χ0) is 16.4. The standard InChI is InChI=1S/C17H17FN2O3/c18-14-5-2-4-13(10-14)17(7-8-17)19-11-16(21)12-3-1-6-15(9-12)20(22)23/h1-6,9-10,16,19,21H,7-8,11H2. The lowest BCUT2D eigenvalue weighted by atomic mass is 10.0. The first-order valence-corrected chi connectivity index (χ1v) is 7.44. The van der Waals surface area contributed by atoms with Gasteiger partial charge in [-0.2, -0.15) is 0 Å². The van der Waals surface area contributed by atoms with Crippen molar-refractivity contribution in [2.75, 3.05) is 6.54 Å². The highest BCUT2D eigenvalue weighted by molar-refractivity contribution is 5.36. The first kappa shape index (κ1) is 15.6. The molecule has 1 aliphatic carbocycles. The van der Waals surface area contributed by atoms with E-state index in [1.54, 1.807) is 18.2 Å². The predicted octanol–water partition coefficient (Wildman–Crippen LogP) is 3.05. The Labute approximate surface area is 132 Å². The summed E-state index contributed by atoms with van der Waals surface area (Å²) in [6.45, 7) is 0.248. The smallest absolute Gasteiger partial charge is 0.269 e. The van der Waals surface area contributed by atoms with Gasteiger partial charge in [-0.15, -0.1) is 0 Å². The van der Waals surface area contributed by atoms with E-state index in [9.17, 15) is 19.6 Å². The lowest BCUT2D eigenvalue weighted by Crippen LogP contribution is -2.32. The number of benzene rings is 2. The number of nitro groups is 1. The minimum atomic E-state index is -0.860. The summed E-state index contributed by atoms with van der Waals surface area (Å²) in [5, 5.41) is 24.3. The highest BCUT2D eigenvalue weighted by atomic mass is 19.1. The average molecular weight is 316 g/mol. The first-order valence-electron chi connectivity index (χ1n) is 7.44. The molecule has 0 heterocycles. The molecule has 120 valence electrons. The van der Waals surface area contributed by atoms with Gasteiger partial charge in [0.1, 0.15) is 5.82 Å². The van der Waals surface area contributed by atoms with E-state index in [1.165, 1.54) is 24.3 Å². The molecule has 0 spiro atoms. The van der Waals surface area contributed by atoms with Gasteiger partial charge in [0.2, 0.25) is 0 Å². The van der Waals surface area contributed by atoms with E-state index in [1.807, 2.05) is 6.07 Å². The number of halogens is 1. The number of nitro benzene ring substituents is 1. The van der Waals surface area contributed by atoms with Gasteiger partial charge in [0, 0.05) is 24.2 Å². The first-order chi connectivity index (χ1) is 11.0. The number of rotatable bonds is 6. The number of aliphatic hydroxyl groups excluding tert-OH is 1. The molecule has 1 unspecified atom stereocenters. The van der Waals surface area contributed by atoms with Gasteiger partial charge < -0.3 is 10.4 Å². The number of hydrogen-bond donors (Lipinski definition) is 2. The summed E-state index contributed by atoms with van der Waals surface area (Å²) in [4.78, 5) is 10.3. The second-order valence-corrected chi connectivity index (χ2v) is 5.84. The van der Waals surface area contributed by atoms with Crippen LogP contribution in [0.1, 0.15) is 30.1 Å². The third kappa shape index (κ3) is 3.38. The summed E-state index contributed by atoms with van der Waals surface area (Å²) in [6, 6.07) is 12.4. The van der Waals surface area contributed by atoms with Gasteiger partial charge in [0.15, 0.2) is 0 Å². The quantitative estimate of drug-likeness (QED) is 0.634. The number of nitrogens with zero attached hydrogens (tertiary/aromatic N) is 1. The van der Waals surface area contributed by atoms with Gasteiger partial charge in [-0.1, -0.05) is 24.3 Å². The van der Waals surface area contributed by atoms with Crippen molar-refractivity contribution in [3.8, 4) is 0 Å². The molecule has 1 fully saturated rings. The minimum Gasteiger partial charge on any atom is -0.387 e. The summed E-state index contributed by atoms with van der Waals surface area (Å²) in [6.07, 6.45) is 0.886. The third-order valence-corrected chi connectivity index (χ3v) is 4.23. The Hall–Kier alpha value is -2.31. The van der Waals surface area contributed by atoms with Gasteiger partial charge >= 0.3 is 0 Å². The second kappa shape index (κ2) is 6.06. The molecule has 0 radical (unpaired) electrons. The molecule has 0 saturated heterocycles. The lowest BCUT2D eigenvalue weighted by molar-refractivity contribution is -0.385. The Morgan fingerprint density at radius 3 is 2.65 bits per heavy atom. The topological polar surface area (TPSA) is 75.4 Å². The van der Waals surface area contributed by atoms with E-state index in [2.05, 4.69) is 5.32 Å². The van der Waals surface area contributed by atoms with Crippen LogP contribution < -0.4 is 5.32 Å². The number of nitrogens with one attached hydrogen (secondary N) is 1. The van der Waals surface area contributed by atoms with Crippen LogP contribution in [0.2, 0.25) is 0 Å². The Bertz CT molecular complexity index is 731. The predicted molar refractivity (Wildman–Crippen MR) is 83.4 cm³/mol. The summed E-state index contributed by atoms with van der Waals surface area (Å²) in [5.41, 5.74) is 1.00. The van der Waals surface area contributed by atoms with Crippen LogP contribution in [0.5, 0.6) is 0 Å². The zero-order valence-corrected chi connectivity index (χ0v) is 12.4. The fourth-order valence-electron chi connectivity index (χ4n) is 2.73. The normalized spacial score (nSPS) is 16.8. The maximum absolute atomic E-state index is 13.4. The van der Waals surface area contributed by atoms with Crippen LogP contribution in [0.25, 0.3) is 0 Å². The van der Waals surface area contributed by atoms with Gasteiger partial charge in [-0.25, -0.2) is 4.39 Å². The van der Waals surface area contributed by atoms with E-state index in [0.717, 1.165) is 18.4 Å². The highest BCUT2D eigenvalue weighted by Crippen LogP contribution is 2.45. The molecule has 2 N–H and O–H groups in total. The van der Waals surface area contributed by atoms with Crippen molar-refractivity contribution in [1.82, 2.24) is 5.32 Å². The van der Waals surface area contributed by atoms with Crippen molar-refractivity contribution in [2.45, 2.75) is 24.5 Å². The van der Waals surface area contributed by atoms with Crippen molar-refractivity contribution in [1.29, 1.82) is 0 Å². The molecule has 0 bridgehead atoms. The maximum atomic E-state index is 13.4. The van der Waals surface area contributed by atoms with Crippen LogP contribution in [0.15, 0.2) is 48.5 Å². The molecular weight excluding hydrogens is 299 g/mol. The van der Waals surface area contributed by atoms with Crippen LogP contribution in [0.4, 0.5) is 10.1 Å². The molecule has 3 rings (SSSR count). The van der Waals surface area contributed by atoms with Crippen molar-refractivity contribution in [3.05, 3.63) is 75.6 Å². The maximum Gasteiger partial charge on any atom is 0.269 e. The van der Waals surface area contributed by atoms with E-state index >= 15 is 0 Å². The summed E-state index contributed by atoms with van der Waals surface area (Å²) in [7, 11) is 0. The van der Waals surface area contributed by atoms with Crippen molar-refractivity contribution in [3.63, 3.8) is 0 Å². The van der Waals surface area contributed by atoms with Gasteiger partial charge in [-0.3, -0.25) is 10.1 Å². The van der Waals surface area contributed by atoms with Crippen molar-refractivity contribution < 1.29 is 14.4 Å². The van der Waals surface area contributed by atoms with E-state index < -0.39 is 11.0 Å². The van der Waals surface area contributed by atoms with Gasteiger partial charge in [0.25, 0.3) is 5.69 Å². The number of non-ortho nitro benzene ring substituents is 1. The minimum absolute atomic E-state index is 0.0483. The Morgan fingerprint density at radius 1 is 1.26 bits per heavy atom. The Balaban J connectivity index is 1.68. The monoisotopic (exact) mass is 316 g/mol. The molecule has 0 amide bonds. The summed E-state index contributed by atoms with van der Waals surface area (Å²) >= 11 is 0. The molecule has 2 aromatic carbocycles. The number of aliphatic hydroxyl groups is 1. The second-order valence-electron chi connectivity index (χ2n) is 5.84. The Morgan fingerprint density at radius 2 is 2.00 bits per heavy atom. The van der Waals surface area contributed by atoms with E-state index in [-0.39, 0.29) is 23.6 Å². The molecule has 23 heavy (non-hydrogen) atoms. The molecule has 2 aromatic rings. The van der Waals surface area contributed by atoms with Crippen molar-refractivity contribution in [2.24, 2.45) is 0 Å². The average Bonchev–Trinajstić information content (AvgIpc) is 3.34. The van der Waals surface area contributed by atoms with E-state index in [4.69, 9.17) is 0 Å². The van der Waals surface area contributed by atoms with Gasteiger partial charge in [0.05, 0.1) is 11.0 Å². The number of hydrogen-bond acceptors (Lipinski definition) is 4. The summed E-state index contributed by atoms with van der Waals surface area (Å²) in [5.74, 6) is -0.283. The fourth-order valence-corrected chi connectivity index (χ4v) is 2.73. The third-order valence-electron chi connectivity index (χ3n) is 4.23. The summed E-state index contributed by atoms with van der Waals surface area (Å²) < 4.78 is 13.4.